The van der Waals surface area contributed by atoms with Crippen LogP contribution in [0.25, 0.3) is 0 Å². The number of halogens is 2. The van der Waals surface area contributed by atoms with Gasteiger partial charge in [0.15, 0.2) is 17.5 Å². The SMILES string of the molecule is CN(C)C(=O)CNC(=NCc1ccccc1)NCCOc1ccc(F)cc1F. The van der Waals surface area contributed by atoms with Gasteiger partial charge >= 0.3 is 0 Å². The largest absolute Gasteiger partial charge is 0.489 e. The van der Waals surface area contributed by atoms with Crippen LogP contribution in [0, 0.1) is 11.6 Å². The zero-order valence-electron chi connectivity index (χ0n) is 15.9. The highest BCUT2D eigenvalue weighted by molar-refractivity contribution is 5.86. The van der Waals surface area contributed by atoms with E-state index in [1.54, 1.807) is 14.1 Å². The van der Waals surface area contributed by atoms with E-state index in [4.69, 9.17) is 4.74 Å². The zero-order chi connectivity index (χ0) is 20.4. The fraction of sp³-hybridized carbons (Fsp3) is 0.300. The molecule has 0 aromatic heterocycles. The highest BCUT2D eigenvalue weighted by Crippen LogP contribution is 2.17. The van der Waals surface area contributed by atoms with Crippen LogP contribution in [0.3, 0.4) is 0 Å². The minimum Gasteiger partial charge on any atom is -0.489 e. The molecule has 1 amide bonds. The van der Waals surface area contributed by atoms with Crippen LogP contribution in [0.4, 0.5) is 8.78 Å². The summed E-state index contributed by atoms with van der Waals surface area (Å²) in [6.45, 7) is 0.963. The van der Waals surface area contributed by atoms with Gasteiger partial charge in [0, 0.05) is 20.2 Å². The summed E-state index contributed by atoms with van der Waals surface area (Å²) >= 11 is 0. The van der Waals surface area contributed by atoms with Crippen molar-refractivity contribution in [2.24, 2.45) is 4.99 Å². The predicted octanol–water partition coefficient (Wildman–Crippen LogP) is 2.17. The van der Waals surface area contributed by atoms with Crippen LogP contribution < -0.4 is 15.4 Å². The van der Waals surface area contributed by atoms with Crippen molar-refractivity contribution in [2.75, 3.05) is 33.8 Å². The van der Waals surface area contributed by atoms with Gasteiger partial charge < -0.3 is 20.3 Å². The molecule has 0 aliphatic carbocycles. The number of hydrogen-bond acceptors (Lipinski definition) is 3. The monoisotopic (exact) mass is 390 g/mol. The van der Waals surface area contributed by atoms with Crippen molar-refractivity contribution < 1.29 is 18.3 Å². The second-order valence-corrected chi connectivity index (χ2v) is 6.14. The number of guanidine groups is 1. The number of benzene rings is 2. The molecule has 2 aromatic carbocycles. The van der Waals surface area contributed by atoms with Crippen LogP contribution in [0.1, 0.15) is 5.56 Å². The number of likely N-dealkylation sites (N-methyl/N-ethyl adjacent to an activating group) is 1. The molecule has 0 spiro atoms. The lowest BCUT2D eigenvalue weighted by Gasteiger charge is -2.15. The number of aliphatic imine (C=N–C) groups is 1. The molecule has 2 N–H and O–H groups in total. The van der Waals surface area contributed by atoms with E-state index in [1.165, 1.54) is 11.0 Å². The molecule has 28 heavy (non-hydrogen) atoms. The first-order valence-electron chi connectivity index (χ1n) is 8.80. The molecule has 0 aliphatic rings. The van der Waals surface area contributed by atoms with Gasteiger partial charge in [0.2, 0.25) is 5.91 Å². The first-order valence-corrected chi connectivity index (χ1v) is 8.80. The summed E-state index contributed by atoms with van der Waals surface area (Å²) in [5, 5.41) is 5.99. The summed E-state index contributed by atoms with van der Waals surface area (Å²) in [6, 6.07) is 12.8. The second-order valence-electron chi connectivity index (χ2n) is 6.14. The van der Waals surface area contributed by atoms with Gasteiger partial charge in [-0.15, -0.1) is 0 Å². The van der Waals surface area contributed by atoms with Gasteiger partial charge in [-0.1, -0.05) is 30.3 Å². The molecule has 0 bridgehead atoms. The fourth-order valence-corrected chi connectivity index (χ4v) is 2.17. The number of amides is 1. The Kier molecular flexibility index (Phi) is 8.20. The van der Waals surface area contributed by atoms with Crippen molar-refractivity contribution in [2.45, 2.75) is 6.54 Å². The molecule has 0 aliphatic heterocycles. The van der Waals surface area contributed by atoms with E-state index < -0.39 is 11.6 Å². The second kappa shape index (κ2) is 10.9. The standard InChI is InChI=1S/C20H24F2N4O2/c1-26(2)19(27)14-25-20(24-13-15-6-4-3-5-7-15)23-10-11-28-18-9-8-16(21)12-17(18)22/h3-9,12H,10-11,13-14H2,1-2H3,(H2,23,24,25). The Labute approximate surface area is 163 Å². The molecular formula is C20H24F2N4O2. The van der Waals surface area contributed by atoms with Crippen molar-refractivity contribution >= 4 is 11.9 Å². The summed E-state index contributed by atoms with van der Waals surface area (Å²) < 4.78 is 31.8. The highest BCUT2D eigenvalue weighted by atomic mass is 19.1. The molecule has 0 atom stereocenters. The van der Waals surface area contributed by atoms with E-state index in [2.05, 4.69) is 15.6 Å². The Balaban J connectivity index is 1.89. The van der Waals surface area contributed by atoms with E-state index in [1.807, 2.05) is 30.3 Å². The smallest absolute Gasteiger partial charge is 0.241 e. The Morgan fingerprint density at radius 3 is 2.54 bits per heavy atom. The maximum absolute atomic E-state index is 13.6. The fourth-order valence-electron chi connectivity index (χ4n) is 2.17. The van der Waals surface area contributed by atoms with Gasteiger partial charge in [0.1, 0.15) is 12.4 Å². The van der Waals surface area contributed by atoms with Crippen molar-refractivity contribution in [3.63, 3.8) is 0 Å². The van der Waals surface area contributed by atoms with Gasteiger partial charge in [0.05, 0.1) is 19.6 Å². The molecule has 0 heterocycles. The molecule has 6 nitrogen and oxygen atoms in total. The minimum absolute atomic E-state index is 0.0262. The third kappa shape index (κ3) is 7.22. The number of hydrogen-bond donors (Lipinski definition) is 2. The first-order chi connectivity index (χ1) is 13.5. The summed E-state index contributed by atoms with van der Waals surface area (Å²) in [7, 11) is 3.34. The molecule has 0 fully saturated rings. The van der Waals surface area contributed by atoms with Crippen molar-refractivity contribution in [1.29, 1.82) is 0 Å². The summed E-state index contributed by atoms with van der Waals surface area (Å²) in [4.78, 5) is 17.7. The van der Waals surface area contributed by atoms with Gasteiger partial charge in [-0.05, 0) is 17.7 Å². The van der Waals surface area contributed by atoms with Crippen LogP contribution in [-0.2, 0) is 11.3 Å². The normalized spacial score (nSPS) is 11.1. The number of carbonyl (C=O) groups is 1. The molecule has 2 aromatic rings. The van der Waals surface area contributed by atoms with Gasteiger partial charge in [-0.25, -0.2) is 13.8 Å². The lowest BCUT2D eigenvalue weighted by atomic mass is 10.2. The summed E-state index contributed by atoms with van der Waals surface area (Å²) in [5.74, 6) is -1.11. The number of carbonyl (C=O) groups excluding carboxylic acids is 1. The molecule has 0 saturated carbocycles. The van der Waals surface area contributed by atoms with Crippen molar-refractivity contribution in [3.05, 3.63) is 65.7 Å². The number of ether oxygens (including phenoxy) is 1. The van der Waals surface area contributed by atoms with E-state index in [0.29, 0.717) is 19.0 Å². The topological polar surface area (TPSA) is 66.0 Å². The van der Waals surface area contributed by atoms with Gasteiger partial charge in [-0.2, -0.15) is 0 Å². The first kappa shape index (κ1) is 21.1. The van der Waals surface area contributed by atoms with Crippen LogP contribution in [0.5, 0.6) is 5.75 Å². The predicted molar refractivity (Wildman–Crippen MR) is 104 cm³/mol. The van der Waals surface area contributed by atoms with Crippen LogP contribution in [-0.4, -0.2) is 50.6 Å². The maximum Gasteiger partial charge on any atom is 0.241 e. The third-order valence-corrected chi connectivity index (χ3v) is 3.71. The molecule has 0 saturated heterocycles. The van der Waals surface area contributed by atoms with Crippen LogP contribution in [0.15, 0.2) is 53.5 Å². The van der Waals surface area contributed by atoms with Crippen molar-refractivity contribution in [1.82, 2.24) is 15.5 Å². The number of nitrogens with one attached hydrogen (secondary N) is 2. The lowest BCUT2D eigenvalue weighted by Crippen LogP contribution is -2.44. The molecule has 0 radical (unpaired) electrons. The molecule has 150 valence electrons. The van der Waals surface area contributed by atoms with Crippen LogP contribution in [0.2, 0.25) is 0 Å². The number of nitrogens with zero attached hydrogens (tertiary/aromatic N) is 2. The van der Waals surface area contributed by atoms with Gasteiger partial charge in [0.25, 0.3) is 0 Å². The van der Waals surface area contributed by atoms with Gasteiger partial charge in [-0.3, -0.25) is 4.79 Å². The average molecular weight is 390 g/mol. The van der Waals surface area contributed by atoms with E-state index >= 15 is 0 Å². The Morgan fingerprint density at radius 1 is 1.11 bits per heavy atom. The quantitative estimate of drug-likeness (QED) is 0.412. The Hall–Kier alpha value is -3.16. The van der Waals surface area contributed by atoms with E-state index in [9.17, 15) is 13.6 Å². The maximum atomic E-state index is 13.6. The summed E-state index contributed by atoms with van der Waals surface area (Å²) in [5.41, 5.74) is 1.02. The average Bonchev–Trinajstić information content (AvgIpc) is 2.68. The molecule has 0 unspecified atom stereocenters. The molecule has 2 rings (SSSR count). The summed E-state index contributed by atoms with van der Waals surface area (Å²) in [6.07, 6.45) is 0. The van der Waals surface area contributed by atoms with E-state index in [0.717, 1.165) is 17.7 Å². The molecular weight excluding hydrogens is 366 g/mol. The minimum atomic E-state index is -0.757. The Bertz CT molecular complexity index is 798. The third-order valence-electron chi connectivity index (χ3n) is 3.71. The zero-order valence-corrected chi connectivity index (χ0v) is 15.9. The van der Waals surface area contributed by atoms with Crippen molar-refractivity contribution in [3.8, 4) is 5.75 Å². The van der Waals surface area contributed by atoms with E-state index in [-0.39, 0.29) is 24.8 Å². The van der Waals surface area contributed by atoms with Crippen LogP contribution >= 0.6 is 0 Å². The number of rotatable bonds is 8. The Morgan fingerprint density at radius 2 is 1.86 bits per heavy atom. The highest BCUT2D eigenvalue weighted by Gasteiger charge is 2.07. The lowest BCUT2D eigenvalue weighted by molar-refractivity contribution is -0.127. The molecule has 8 heteroatoms.